The third kappa shape index (κ3) is 5.97. The van der Waals surface area contributed by atoms with Gasteiger partial charge in [0.1, 0.15) is 11.6 Å². The quantitative estimate of drug-likeness (QED) is 0.680. The fourth-order valence-corrected chi connectivity index (χ4v) is 4.60. The van der Waals surface area contributed by atoms with Gasteiger partial charge < -0.3 is 15.0 Å². The number of hydrogen-bond acceptors (Lipinski definition) is 4. The fourth-order valence-electron chi connectivity index (χ4n) is 4.60. The maximum Gasteiger partial charge on any atom is 0.226 e. The number of carbonyl (C=O) groups excluding carboxylic acids is 1. The summed E-state index contributed by atoms with van der Waals surface area (Å²) in [6, 6.07) is 6.15. The number of hydrogen-bond donors (Lipinski definition) is 1. The Morgan fingerprint density at radius 3 is 2.41 bits per heavy atom. The molecule has 1 unspecified atom stereocenters. The number of nitrogens with one attached hydrogen (secondary N) is 1. The number of rotatable bonds is 6. The number of benzene rings is 1. The molecule has 3 fully saturated rings. The van der Waals surface area contributed by atoms with Gasteiger partial charge in [0.15, 0.2) is 0 Å². The Morgan fingerprint density at radius 2 is 1.76 bits per heavy atom. The van der Waals surface area contributed by atoms with E-state index in [0.29, 0.717) is 23.7 Å². The van der Waals surface area contributed by atoms with Crippen LogP contribution in [0.1, 0.15) is 25.7 Å². The molecule has 8 heteroatoms. The molecule has 2 heterocycles. The second-order valence-corrected chi connectivity index (χ2v) is 8.19. The van der Waals surface area contributed by atoms with E-state index >= 15 is 0 Å². The van der Waals surface area contributed by atoms with Gasteiger partial charge in [0, 0.05) is 38.6 Å². The molecular formula is C21H32Cl2FN3O2. The van der Waals surface area contributed by atoms with Gasteiger partial charge in [0.25, 0.3) is 0 Å². The predicted octanol–water partition coefficient (Wildman–Crippen LogP) is 2.97. The van der Waals surface area contributed by atoms with Crippen LogP contribution >= 0.6 is 24.8 Å². The maximum absolute atomic E-state index is 12.9. The minimum atomic E-state index is -0.243. The van der Waals surface area contributed by atoms with E-state index in [1.165, 1.54) is 12.1 Å². The monoisotopic (exact) mass is 447 g/mol. The number of halogens is 3. The molecule has 1 saturated carbocycles. The molecule has 2 saturated heterocycles. The first kappa shape index (κ1) is 24.2. The number of piperazine rings is 1. The smallest absolute Gasteiger partial charge is 0.226 e. The predicted molar refractivity (Wildman–Crippen MR) is 117 cm³/mol. The molecule has 5 nitrogen and oxygen atoms in total. The molecule has 1 N–H and O–H groups in total. The van der Waals surface area contributed by atoms with Gasteiger partial charge in [-0.1, -0.05) is 0 Å². The average molecular weight is 448 g/mol. The van der Waals surface area contributed by atoms with E-state index in [-0.39, 0.29) is 36.5 Å². The molecule has 1 atom stereocenters. The van der Waals surface area contributed by atoms with Crippen molar-refractivity contribution in [3.63, 3.8) is 0 Å². The van der Waals surface area contributed by atoms with Crippen LogP contribution in [0.3, 0.4) is 0 Å². The summed E-state index contributed by atoms with van der Waals surface area (Å²) in [4.78, 5) is 17.3. The highest BCUT2D eigenvalue weighted by Gasteiger charge is 2.58. The molecule has 4 rings (SSSR count). The number of piperidine rings is 1. The second-order valence-electron chi connectivity index (χ2n) is 8.19. The molecule has 164 valence electrons. The van der Waals surface area contributed by atoms with Crippen LogP contribution in [0.2, 0.25) is 0 Å². The van der Waals surface area contributed by atoms with Gasteiger partial charge in [-0.15, -0.1) is 24.8 Å². The maximum atomic E-state index is 12.9. The minimum Gasteiger partial charge on any atom is -0.494 e. The molecule has 1 spiro atoms. The standard InChI is InChI=1S/C21H30FN3O2.2ClH/c22-17-2-4-18(5-3-17)27-15-1-10-24-11-13-25(14-12-24)20(26)19-16-21(19)6-8-23-9-7-21;;/h2-5,19,23H,1,6-16H2;2*1H. The molecule has 0 aromatic heterocycles. The van der Waals surface area contributed by atoms with Crippen LogP contribution in [0.15, 0.2) is 24.3 Å². The summed E-state index contributed by atoms with van der Waals surface area (Å²) < 4.78 is 18.5. The third-order valence-corrected chi connectivity index (χ3v) is 6.47. The van der Waals surface area contributed by atoms with Crippen LogP contribution < -0.4 is 10.1 Å². The summed E-state index contributed by atoms with van der Waals surface area (Å²) in [5, 5.41) is 3.40. The van der Waals surface area contributed by atoms with Crippen molar-refractivity contribution in [1.29, 1.82) is 0 Å². The fraction of sp³-hybridized carbons (Fsp3) is 0.667. The molecule has 0 radical (unpaired) electrons. The van der Waals surface area contributed by atoms with Crippen molar-refractivity contribution in [3.05, 3.63) is 30.1 Å². The second kappa shape index (κ2) is 10.8. The van der Waals surface area contributed by atoms with Gasteiger partial charge in [-0.2, -0.15) is 0 Å². The van der Waals surface area contributed by atoms with Crippen LogP contribution in [0.4, 0.5) is 4.39 Å². The highest BCUT2D eigenvalue weighted by atomic mass is 35.5. The zero-order valence-electron chi connectivity index (χ0n) is 16.8. The SMILES string of the molecule is Cl.Cl.O=C(C1CC12CCNCC2)N1CCN(CCCOc2ccc(F)cc2)CC1. The summed E-state index contributed by atoms with van der Waals surface area (Å²) in [5.74, 6) is 1.15. The topological polar surface area (TPSA) is 44.8 Å². The number of ether oxygens (including phenoxy) is 1. The van der Waals surface area contributed by atoms with Crippen LogP contribution in [0.5, 0.6) is 5.75 Å². The van der Waals surface area contributed by atoms with E-state index in [1.54, 1.807) is 12.1 Å². The van der Waals surface area contributed by atoms with Gasteiger partial charge in [-0.3, -0.25) is 9.69 Å². The van der Waals surface area contributed by atoms with Crippen molar-refractivity contribution < 1.29 is 13.9 Å². The molecule has 29 heavy (non-hydrogen) atoms. The zero-order chi connectivity index (χ0) is 18.7. The van der Waals surface area contributed by atoms with Gasteiger partial charge in [-0.05, 0) is 68.5 Å². The Kier molecular flexibility index (Phi) is 9.01. The summed E-state index contributed by atoms with van der Waals surface area (Å²) in [7, 11) is 0. The van der Waals surface area contributed by atoms with E-state index in [2.05, 4.69) is 15.1 Å². The van der Waals surface area contributed by atoms with Crippen molar-refractivity contribution in [3.8, 4) is 5.75 Å². The van der Waals surface area contributed by atoms with E-state index < -0.39 is 0 Å². The Hall–Kier alpha value is -1.08. The minimum absolute atomic E-state index is 0. The van der Waals surface area contributed by atoms with Crippen molar-refractivity contribution in [2.75, 3.05) is 52.4 Å². The first-order valence-electron chi connectivity index (χ1n) is 10.3. The lowest BCUT2D eigenvalue weighted by atomic mass is 9.91. The van der Waals surface area contributed by atoms with Crippen molar-refractivity contribution >= 4 is 30.7 Å². The summed E-state index contributed by atoms with van der Waals surface area (Å²) in [6.45, 7) is 7.33. The first-order chi connectivity index (χ1) is 13.2. The van der Waals surface area contributed by atoms with Gasteiger partial charge in [0.05, 0.1) is 6.61 Å². The van der Waals surface area contributed by atoms with Gasteiger partial charge >= 0.3 is 0 Å². The van der Waals surface area contributed by atoms with Crippen LogP contribution in [-0.2, 0) is 4.79 Å². The Bertz CT molecular complexity index is 648. The molecule has 1 aromatic carbocycles. The largest absolute Gasteiger partial charge is 0.494 e. The molecule has 3 aliphatic rings. The van der Waals surface area contributed by atoms with E-state index in [1.807, 2.05) is 0 Å². The van der Waals surface area contributed by atoms with Gasteiger partial charge in [0.2, 0.25) is 5.91 Å². The van der Waals surface area contributed by atoms with Crippen LogP contribution in [0.25, 0.3) is 0 Å². The van der Waals surface area contributed by atoms with Crippen molar-refractivity contribution in [1.82, 2.24) is 15.1 Å². The van der Waals surface area contributed by atoms with Crippen molar-refractivity contribution in [2.45, 2.75) is 25.7 Å². The number of nitrogens with zero attached hydrogens (tertiary/aromatic N) is 2. The van der Waals surface area contributed by atoms with Gasteiger partial charge in [-0.25, -0.2) is 4.39 Å². The molecule has 1 amide bonds. The van der Waals surface area contributed by atoms with E-state index in [4.69, 9.17) is 4.74 Å². The third-order valence-electron chi connectivity index (χ3n) is 6.47. The molecule has 0 bridgehead atoms. The lowest BCUT2D eigenvalue weighted by Gasteiger charge is -2.35. The number of amides is 1. The first-order valence-corrected chi connectivity index (χ1v) is 10.3. The summed E-state index contributed by atoms with van der Waals surface area (Å²) in [5.41, 5.74) is 0.331. The molecular weight excluding hydrogens is 416 g/mol. The molecule has 1 aliphatic carbocycles. The summed E-state index contributed by atoms with van der Waals surface area (Å²) in [6.07, 6.45) is 4.37. The Balaban J connectivity index is 0.00000150. The molecule has 1 aromatic rings. The zero-order valence-corrected chi connectivity index (χ0v) is 18.4. The Labute approximate surface area is 185 Å². The Morgan fingerprint density at radius 1 is 1.10 bits per heavy atom. The number of carbonyl (C=O) groups is 1. The van der Waals surface area contributed by atoms with Crippen LogP contribution in [0, 0.1) is 17.2 Å². The molecule has 2 aliphatic heterocycles. The van der Waals surface area contributed by atoms with E-state index in [0.717, 1.165) is 71.5 Å². The highest BCUT2D eigenvalue weighted by Crippen LogP contribution is 2.59. The lowest BCUT2D eigenvalue weighted by Crippen LogP contribution is -2.50. The average Bonchev–Trinajstić information content (AvgIpc) is 3.39. The van der Waals surface area contributed by atoms with Crippen LogP contribution in [-0.4, -0.2) is 68.1 Å². The normalized spacial score (nSPS) is 23.1. The van der Waals surface area contributed by atoms with Crippen molar-refractivity contribution in [2.24, 2.45) is 11.3 Å². The lowest BCUT2D eigenvalue weighted by molar-refractivity contribution is -0.135. The summed E-state index contributed by atoms with van der Waals surface area (Å²) >= 11 is 0. The highest BCUT2D eigenvalue weighted by molar-refractivity contribution is 5.85. The van der Waals surface area contributed by atoms with E-state index in [9.17, 15) is 9.18 Å².